The van der Waals surface area contributed by atoms with E-state index in [0.717, 1.165) is 11.6 Å². The van der Waals surface area contributed by atoms with Gasteiger partial charge in [-0.25, -0.2) is 13.6 Å². The molecule has 1 aliphatic rings. The predicted octanol–water partition coefficient (Wildman–Crippen LogP) is 1.99. The lowest BCUT2D eigenvalue weighted by Gasteiger charge is -2.42. The fourth-order valence-corrected chi connectivity index (χ4v) is 3.92. The van der Waals surface area contributed by atoms with E-state index >= 15 is 0 Å². The molecule has 8 nitrogen and oxygen atoms in total. The van der Waals surface area contributed by atoms with E-state index in [9.17, 15) is 18.5 Å². The fraction of sp³-hybridized carbons (Fsp3) is 0.294. The topological polar surface area (TPSA) is 116 Å². The highest BCUT2D eigenvalue weighted by atomic mass is 32.2. The van der Waals surface area contributed by atoms with Gasteiger partial charge in [0.2, 0.25) is 10.0 Å². The van der Waals surface area contributed by atoms with Crippen molar-refractivity contribution >= 4 is 21.4 Å². The van der Waals surface area contributed by atoms with Crippen molar-refractivity contribution in [2.24, 2.45) is 5.14 Å². The molecule has 9 heteroatoms. The average molecular weight is 377 g/mol. The molecule has 3 rings (SSSR count). The molecular formula is C17H19N3O5S. The van der Waals surface area contributed by atoms with Crippen molar-refractivity contribution in [2.75, 3.05) is 24.6 Å². The van der Waals surface area contributed by atoms with Crippen molar-refractivity contribution in [1.29, 1.82) is 0 Å². The number of rotatable bonds is 4. The molecule has 1 saturated heterocycles. The van der Waals surface area contributed by atoms with Crippen LogP contribution in [0.3, 0.4) is 0 Å². The summed E-state index contributed by atoms with van der Waals surface area (Å²) >= 11 is 0. The normalized spacial score (nSPS) is 20.8. The Labute approximate surface area is 151 Å². The number of nitrogens with two attached hydrogens (primary N) is 1. The Morgan fingerprint density at radius 3 is 2.54 bits per heavy atom. The van der Waals surface area contributed by atoms with Crippen molar-refractivity contribution in [1.82, 2.24) is 0 Å². The van der Waals surface area contributed by atoms with Crippen molar-refractivity contribution in [2.45, 2.75) is 17.4 Å². The molecule has 2 aromatic rings. The molecule has 1 atom stereocenters. The zero-order valence-corrected chi connectivity index (χ0v) is 15.0. The molecule has 138 valence electrons. The summed E-state index contributed by atoms with van der Waals surface area (Å²) in [4.78, 5) is 11.9. The number of primary sulfonamides is 1. The van der Waals surface area contributed by atoms with Gasteiger partial charge in [-0.2, -0.15) is 0 Å². The van der Waals surface area contributed by atoms with Crippen LogP contribution in [-0.4, -0.2) is 33.0 Å². The number of morpholine rings is 1. The van der Waals surface area contributed by atoms with E-state index in [1.807, 2.05) is 42.2 Å². The highest BCUT2D eigenvalue weighted by Gasteiger charge is 2.35. The maximum Gasteiger partial charge on any atom is 0.270 e. The lowest BCUT2D eigenvalue weighted by molar-refractivity contribution is -0.385. The largest absolute Gasteiger partial charge is 0.367 e. The van der Waals surface area contributed by atoms with E-state index in [-0.39, 0.29) is 10.6 Å². The Balaban J connectivity index is 2.02. The summed E-state index contributed by atoms with van der Waals surface area (Å²) in [6.45, 7) is 3.14. The minimum atomic E-state index is -4.13. The first-order valence-corrected chi connectivity index (χ1v) is 9.51. The number of hydrogen-bond donors (Lipinski definition) is 1. The SMILES string of the molecule is CC1(c2ccccc2)CN(c2ccc([N+](=O)[O-])cc2S(N)(=O)=O)CCO1. The first-order chi connectivity index (χ1) is 12.2. The molecular weight excluding hydrogens is 358 g/mol. The van der Waals surface area contributed by atoms with Gasteiger partial charge in [0, 0.05) is 18.7 Å². The number of non-ortho nitro benzene ring substituents is 1. The third-order valence-corrected chi connectivity index (χ3v) is 5.40. The van der Waals surface area contributed by atoms with Gasteiger partial charge in [-0.15, -0.1) is 0 Å². The second-order valence-corrected chi connectivity index (χ2v) is 7.85. The van der Waals surface area contributed by atoms with Crippen LogP contribution in [0.1, 0.15) is 12.5 Å². The lowest BCUT2D eigenvalue weighted by atomic mass is 9.93. The molecule has 0 amide bonds. The quantitative estimate of drug-likeness (QED) is 0.643. The third-order valence-electron chi connectivity index (χ3n) is 4.46. The zero-order chi connectivity index (χ0) is 18.9. The van der Waals surface area contributed by atoms with Gasteiger partial charge in [-0.3, -0.25) is 10.1 Å². The molecule has 1 aliphatic heterocycles. The summed E-state index contributed by atoms with van der Waals surface area (Å²) in [5.74, 6) is 0. The molecule has 0 bridgehead atoms. The smallest absolute Gasteiger partial charge is 0.270 e. The van der Waals surface area contributed by atoms with Crippen molar-refractivity contribution in [3.8, 4) is 0 Å². The van der Waals surface area contributed by atoms with E-state index in [0.29, 0.717) is 25.4 Å². The summed E-state index contributed by atoms with van der Waals surface area (Å²) in [6, 6.07) is 13.3. The molecule has 0 radical (unpaired) electrons. The van der Waals surface area contributed by atoms with Gasteiger partial charge in [0.05, 0.1) is 23.8 Å². The fourth-order valence-electron chi connectivity index (χ4n) is 3.15. The molecule has 0 aromatic heterocycles. The van der Waals surface area contributed by atoms with Crippen LogP contribution in [0.25, 0.3) is 0 Å². The predicted molar refractivity (Wildman–Crippen MR) is 96.4 cm³/mol. The number of anilines is 1. The van der Waals surface area contributed by atoms with Crippen molar-refractivity contribution in [3.05, 3.63) is 64.2 Å². The number of sulfonamides is 1. The highest BCUT2D eigenvalue weighted by Crippen LogP contribution is 2.35. The highest BCUT2D eigenvalue weighted by molar-refractivity contribution is 7.89. The van der Waals surface area contributed by atoms with Gasteiger partial charge in [-0.1, -0.05) is 30.3 Å². The van der Waals surface area contributed by atoms with Gasteiger partial charge >= 0.3 is 0 Å². The molecule has 0 spiro atoms. The summed E-state index contributed by atoms with van der Waals surface area (Å²) in [5, 5.41) is 16.3. The second-order valence-electron chi connectivity index (χ2n) is 6.32. The monoisotopic (exact) mass is 377 g/mol. The number of nitro groups is 1. The first kappa shape index (κ1) is 18.3. The van der Waals surface area contributed by atoms with Crippen LogP contribution in [-0.2, 0) is 20.4 Å². The lowest BCUT2D eigenvalue weighted by Crippen LogP contribution is -2.48. The van der Waals surface area contributed by atoms with Gasteiger partial charge in [0.1, 0.15) is 10.5 Å². The summed E-state index contributed by atoms with van der Waals surface area (Å²) in [5.41, 5.74) is 0.334. The molecule has 1 heterocycles. The Kier molecular flexibility index (Phi) is 4.70. The van der Waals surface area contributed by atoms with E-state index in [2.05, 4.69) is 0 Å². The molecule has 0 saturated carbocycles. The summed E-state index contributed by atoms with van der Waals surface area (Å²) in [7, 11) is -4.13. The van der Waals surface area contributed by atoms with Gasteiger partial charge < -0.3 is 9.64 Å². The van der Waals surface area contributed by atoms with Gasteiger partial charge in [0.15, 0.2) is 0 Å². The molecule has 1 unspecified atom stereocenters. The van der Waals surface area contributed by atoms with E-state index in [1.54, 1.807) is 0 Å². The third kappa shape index (κ3) is 3.55. The minimum Gasteiger partial charge on any atom is -0.367 e. The second kappa shape index (κ2) is 6.67. The molecule has 0 aliphatic carbocycles. The number of ether oxygens (including phenoxy) is 1. The maximum absolute atomic E-state index is 12.0. The van der Waals surface area contributed by atoms with Crippen LogP contribution in [0.5, 0.6) is 0 Å². The number of nitro benzene ring substituents is 1. The molecule has 1 fully saturated rings. The number of benzene rings is 2. The number of nitrogens with zero attached hydrogens (tertiary/aromatic N) is 2. The van der Waals surface area contributed by atoms with Crippen LogP contribution >= 0.6 is 0 Å². The van der Waals surface area contributed by atoms with Crippen LogP contribution in [0.4, 0.5) is 11.4 Å². The van der Waals surface area contributed by atoms with E-state index in [4.69, 9.17) is 9.88 Å². The Morgan fingerprint density at radius 1 is 1.23 bits per heavy atom. The van der Waals surface area contributed by atoms with Crippen molar-refractivity contribution in [3.63, 3.8) is 0 Å². The summed E-state index contributed by atoms with van der Waals surface area (Å²) < 4.78 is 30.0. The molecule has 2 aromatic carbocycles. The number of hydrogen-bond acceptors (Lipinski definition) is 6. The van der Waals surface area contributed by atoms with Crippen LogP contribution in [0.2, 0.25) is 0 Å². The average Bonchev–Trinajstić information content (AvgIpc) is 2.61. The van der Waals surface area contributed by atoms with Gasteiger partial charge in [0.25, 0.3) is 5.69 Å². The van der Waals surface area contributed by atoms with Crippen LogP contribution in [0.15, 0.2) is 53.4 Å². The standard InChI is InChI=1S/C17H19N3O5S/c1-17(13-5-3-2-4-6-13)12-19(9-10-25-17)15-8-7-14(20(21)22)11-16(15)26(18,23)24/h2-8,11H,9-10,12H2,1H3,(H2,18,23,24). The Hall–Kier alpha value is -2.49. The Bertz CT molecular complexity index is 933. The van der Waals surface area contributed by atoms with Crippen LogP contribution in [0, 0.1) is 10.1 Å². The van der Waals surface area contributed by atoms with E-state index < -0.39 is 20.5 Å². The molecule has 2 N–H and O–H groups in total. The first-order valence-electron chi connectivity index (χ1n) is 7.96. The molecule has 26 heavy (non-hydrogen) atoms. The Morgan fingerprint density at radius 2 is 1.92 bits per heavy atom. The maximum atomic E-state index is 12.0. The van der Waals surface area contributed by atoms with Crippen molar-refractivity contribution < 1.29 is 18.1 Å². The summed E-state index contributed by atoms with van der Waals surface area (Å²) in [6.07, 6.45) is 0. The van der Waals surface area contributed by atoms with Gasteiger partial charge in [-0.05, 0) is 18.6 Å². The minimum absolute atomic E-state index is 0.260. The van der Waals surface area contributed by atoms with E-state index in [1.165, 1.54) is 12.1 Å². The van der Waals surface area contributed by atoms with Crippen LogP contribution < -0.4 is 10.0 Å². The zero-order valence-electron chi connectivity index (χ0n) is 14.2.